The highest BCUT2D eigenvalue weighted by molar-refractivity contribution is 5.78. The van der Waals surface area contributed by atoms with Crippen molar-refractivity contribution in [3.05, 3.63) is 54.1 Å². The van der Waals surface area contributed by atoms with Crippen molar-refractivity contribution >= 4 is 17.8 Å². The van der Waals surface area contributed by atoms with Crippen LogP contribution in [0.4, 0.5) is 16.3 Å². The molecule has 33 heavy (non-hydrogen) atoms. The van der Waals surface area contributed by atoms with Crippen molar-refractivity contribution in [2.75, 3.05) is 17.7 Å². The van der Waals surface area contributed by atoms with Crippen molar-refractivity contribution in [2.24, 2.45) is 5.92 Å². The number of carbonyl (C=O) groups excluding carboxylic acids is 1. The molecule has 1 amide bonds. The van der Waals surface area contributed by atoms with Crippen molar-refractivity contribution in [1.29, 1.82) is 0 Å². The van der Waals surface area contributed by atoms with Gasteiger partial charge in [-0.05, 0) is 55.0 Å². The van der Waals surface area contributed by atoms with Crippen LogP contribution in [0.5, 0.6) is 0 Å². The summed E-state index contributed by atoms with van der Waals surface area (Å²) in [6.45, 7) is -0.280. The fourth-order valence-corrected chi connectivity index (χ4v) is 3.93. The number of amides is 1. The van der Waals surface area contributed by atoms with Crippen molar-refractivity contribution in [3.8, 4) is 11.4 Å². The molecule has 0 aromatic carbocycles. The molecule has 0 atom stereocenters. The molecule has 3 heterocycles. The molecule has 3 aromatic rings. The van der Waals surface area contributed by atoms with E-state index in [-0.39, 0.29) is 17.9 Å². The molecule has 3 aromatic heterocycles. The molecule has 4 rings (SSSR count). The number of anilines is 2. The summed E-state index contributed by atoms with van der Waals surface area (Å²) in [4.78, 5) is 34.2. The van der Waals surface area contributed by atoms with Crippen molar-refractivity contribution in [3.63, 3.8) is 0 Å². The lowest BCUT2D eigenvalue weighted by Crippen LogP contribution is -2.36. The number of hydrogen-bond acceptors (Lipinski definition) is 8. The molecule has 1 fully saturated rings. The second kappa shape index (κ2) is 10.8. The van der Waals surface area contributed by atoms with Crippen molar-refractivity contribution in [1.82, 2.24) is 30.2 Å². The highest BCUT2D eigenvalue weighted by Crippen LogP contribution is 2.27. The minimum absolute atomic E-state index is 0.00129. The second-order valence-corrected chi connectivity index (χ2v) is 7.99. The SMILES string of the molecule is CNc1nc(N[C@H]2CC[C@@H](C(=O)NCc3cnccc3CF)CC2)nc(-c2cccnc2)n1. The molecule has 0 aliphatic heterocycles. The Hall–Kier alpha value is -3.69. The summed E-state index contributed by atoms with van der Waals surface area (Å²) in [6, 6.07) is 5.54. The van der Waals surface area contributed by atoms with Gasteiger partial charge < -0.3 is 16.0 Å². The summed E-state index contributed by atoms with van der Waals surface area (Å²) in [5.74, 6) is 1.45. The van der Waals surface area contributed by atoms with Crippen molar-refractivity contribution in [2.45, 2.75) is 44.9 Å². The molecule has 0 saturated heterocycles. The van der Waals surface area contributed by atoms with Crippen LogP contribution in [-0.2, 0) is 18.0 Å². The van der Waals surface area contributed by atoms with Gasteiger partial charge in [-0.15, -0.1) is 0 Å². The van der Waals surface area contributed by atoms with Gasteiger partial charge in [-0.3, -0.25) is 14.8 Å². The first-order valence-electron chi connectivity index (χ1n) is 11.0. The summed E-state index contributed by atoms with van der Waals surface area (Å²) >= 11 is 0. The van der Waals surface area contributed by atoms with Gasteiger partial charge in [0.2, 0.25) is 17.8 Å². The van der Waals surface area contributed by atoms with Gasteiger partial charge in [-0.1, -0.05) is 0 Å². The Labute approximate surface area is 191 Å². The zero-order valence-electron chi connectivity index (χ0n) is 18.5. The number of halogens is 1. The molecule has 0 unspecified atom stereocenters. The van der Waals surface area contributed by atoms with Crippen LogP contribution in [0, 0.1) is 5.92 Å². The summed E-state index contributed by atoms with van der Waals surface area (Å²) in [6.07, 6.45) is 9.73. The number of nitrogens with one attached hydrogen (secondary N) is 3. The van der Waals surface area contributed by atoms with Gasteiger partial charge in [0.25, 0.3) is 0 Å². The molecule has 0 bridgehead atoms. The topological polar surface area (TPSA) is 118 Å². The molecular formula is C23H27FN8O. The summed E-state index contributed by atoms with van der Waals surface area (Å²) in [7, 11) is 1.76. The van der Waals surface area contributed by atoms with E-state index in [0.717, 1.165) is 31.2 Å². The molecule has 1 aliphatic rings. The van der Waals surface area contributed by atoms with E-state index in [2.05, 4.69) is 40.9 Å². The predicted molar refractivity (Wildman–Crippen MR) is 123 cm³/mol. The second-order valence-electron chi connectivity index (χ2n) is 7.99. The monoisotopic (exact) mass is 450 g/mol. The zero-order chi connectivity index (χ0) is 23.0. The van der Waals surface area contributed by atoms with E-state index in [1.54, 1.807) is 37.9 Å². The summed E-state index contributed by atoms with van der Waals surface area (Å²) in [5, 5.41) is 9.30. The average Bonchev–Trinajstić information content (AvgIpc) is 2.88. The first kappa shape index (κ1) is 22.5. The Kier molecular flexibility index (Phi) is 7.33. The van der Waals surface area contributed by atoms with Crippen LogP contribution in [0.25, 0.3) is 11.4 Å². The van der Waals surface area contributed by atoms with Gasteiger partial charge in [-0.25, -0.2) is 4.39 Å². The van der Waals surface area contributed by atoms with Crippen molar-refractivity contribution < 1.29 is 9.18 Å². The quantitative estimate of drug-likeness (QED) is 0.479. The lowest BCUT2D eigenvalue weighted by Gasteiger charge is -2.28. The number of hydrogen-bond donors (Lipinski definition) is 3. The Morgan fingerprint density at radius 1 is 1.00 bits per heavy atom. The number of carbonyl (C=O) groups is 1. The Bertz CT molecular complexity index is 1070. The lowest BCUT2D eigenvalue weighted by atomic mass is 9.85. The third kappa shape index (κ3) is 5.76. The molecule has 1 saturated carbocycles. The van der Waals surface area contributed by atoms with Crippen LogP contribution < -0.4 is 16.0 Å². The minimum Gasteiger partial charge on any atom is -0.357 e. The number of alkyl halides is 1. The van der Waals surface area contributed by atoms with Crippen LogP contribution in [0.15, 0.2) is 43.0 Å². The normalized spacial score (nSPS) is 17.9. The van der Waals surface area contributed by atoms with Crippen LogP contribution in [0.1, 0.15) is 36.8 Å². The maximum Gasteiger partial charge on any atom is 0.228 e. The van der Waals surface area contributed by atoms with Crippen LogP contribution in [0.3, 0.4) is 0 Å². The fraction of sp³-hybridized carbons (Fsp3) is 0.391. The molecule has 1 aliphatic carbocycles. The zero-order valence-corrected chi connectivity index (χ0v) is 18.5. The van der Waals surface area contributed by atoms with E-state index in [1.807, 2.05) is 12.1 Å². The van der Waals surface area contributed by atoms with Gasteiger partial charge >= 0.3 is 0 Å². The van der Waals surface area contributed by atoms with E-state index < -0.39 is 6.67 Å². The number of pyridine rings is 2. The highest BCUT2D eigenvalue weighted by atomic mass is 19.1. The van der Waals surface area contributed by atoms with Gasteiger partial charge in [0.15, 0.2) is 5.82 Å². The fourth-order valence-electron chi connectivity index (χ4n) is 3.93. The molecule has 0 spiro atoms. The van der Waals surface area contributed by atoms with E-state index in [9.17, 15) is 9.18 Å². The average molecular weight is 451 g/mol. The molecule has 3 N–H and O–H groups in total. The smallest absolute Gasteiger partial charge is 0.228 e. The molecule has 172 valence electrons. The number of nitrogens with zero attached hydrogens (tertiary/aromatic N) is 5. The number of rotatable bonds is 8. The lowest BCUT2D eigenvalue weighted by molar-refractivity contribution is -0.126. The third-order valence-electron chi connectivity index (χ3n) is 5.81. The molecule has 10 heteroatoms. The largest absolute Gasteiger partial charge is 0.357 e. The highest BCUT2D eigenvalue weighted by Gasteiger charge is 2.27. The minimum atomic E-state index is -0.570. The molecular weight excluding hydrogens is 423 g/mol. The van der Waals surface area contributed by atoms with Gasteiger partial charge in [-0.2, -0.15) is 15.0 Å². The van der Waals surface area contributed by atoms with Gasteiger partial charge in [0.1, 0.15) is 6.67 Å². The van der Waals surface area contributed by atoms with Crippen LogP contribution in [0.2, 0.25) is 0 Å². The van der Waals surface area contributed by atoms with Crippen LogP contribution >= 0.6 is 0 Å². The van der Waals surface area contributed by atoms with Gasteiger partial charge in [0.05, 0.1) is 0 Å². The van der Waals surface area contributed by atoms with E-state index in [1.165, 1.54) is 0 Å². The Morgan fingerprint density at radius 2 is 1.79 bits per heavy atom. The number of aromatic nitrogens is 5. The first-order chi connectivity index (χ1) is 16.2. The van der Waals surface area contributed by atoms with Crippen LogP contribution in [-0.4, -0.2) is 43.9 Å². The third-order valence-corrected chi connectivity index (χ3v) is 5.81. The van der Waals surface area contributed by atoms with E-state index in [4.69, 9.17) is 0 Å². The standard InChI is InChI=1S/C23H27FN8O/c1-25-22-30-20(17-3-2-9-26-12-17)31-23(32-22)29-19-6-4-15(5-7-19)21(33)28-14-18-13-27-10-8-16(18)11-24/h2-3,8-10,12-13,15,19H,4-7,11,14H2,1H3,(H,28,33)(H2,25,29,30,31,32)/t15-,19+. The molecule has 9 nitrogen and oxygen atoms in total. The van der Waals surface area contributed by atoms with Gasteiger partial charge in [0, 0.05) is 55.9 Å². The molecule has 0 radical (unpaired) electrons. The van der Waals surface area contributed by atoms with E-state index >= 15 is 0 Å². The maximum absolute atomic E-state index is 13.1. The Balaban J connectivity index is 1.32. The summed E-state index contributed by atoms with van der Waals surface area (Å²) < 4.78 is 13.1. The Morgan fingerprint density at radius 3 is 2.52 bits per heavy atom. The van der Waals surface area contributed by atoms with E-state index in [0.29, 0.717) is 35.4 Å². The summed E-state index contributed by atoms with van der Waals surface area (Å²) in [5.41, 5.74) is 2.08. The maximum atomic E-state index is 13.1. The first-order valence-corrected chi connectivity index (χ1v) is 11.0. The predicted octanol–water partition coefficient (Wildman–Crippen LogP) is 3.13.